The third-order valence-electron chi connectivity index (χ3n) is 1.40. The van der Waals surface area contributed by atoms with Crippen molar-refractivity contribution in [2.75, 3.05) is 0 Å². The first-order valence-corrected chi connectivity index (χ1v) is 4.01. The molecule has 0 saturated carbocycles. The molecule has 0 fully saturated rings. The van der Waals surface area contributed by atoms with Gasteiger partial charge < -0.3 is 15.4 Å². The van der Waals surface area contributed by atoms with Crippen LogP contribution in [0.5, 0.6) is 0 Å². The molecule has 1 rings (SSSR count). The van der Waals surface area contributed by atoms with Crippen LogP contribution in [0.4, 0.5) is 13.2 Å². The zero-order valence-corrected chi connectivity index (χ0v) is 8.38. The van der Waals surface area contributed by atoms with Crippen molar-refractivity contribution >= 4 is 11.9 Å². The molecule has 0 amide bonds. The standard InChI is InChI=1S/C6H5NO4.C2HF3O2/c8-5-4(6(9)10)2-1-3-7(5)11;3-2(4,5)1(6)7/h1-3,11H,(H,9,10);(H,6,7). The summed E-state index contributed by atoms with van der Waals surface area (Å²) in [6, 6.07) is 2.39. The summed E-state index contributed by atoms with van der Waals surface area (Å²) < 4.78 is 32.0. The summed E-state index contributed by atoms with van der Waals surface area (Å²) in [5.74, 6) is -4.11. The van der Waals surface area contributed by atoms with E-state index in [0.717, 1.165) is 12.3 Å². The SMILES string of the molecule is O=C(O)C(F)(F)F.O=C(O)c1cccn(O)c1=O. The van der Waals surface area contributed by atoms with Gasteiger partial charge in [-0.15, -0.1) is 0 Å². The maximum absolute atomic E-state index is 10.7. The van der Waals surface area contributed by atoms with Crippen molar-refractivity contribution in [3.05, 3.63) is 34.2 Å². The van der Waals surface area contributed by atoms with E-state index in [-0.39, 0.29) is 4.73 Å². The smallest absolute Gasteiger partial charge is 0.477 e. The number of rotatable bonds is 1. The molecule has 0 saturated heterocycles. The summed E-state index contributed by atoms with van der Waals surface area (Å²) in [6.07, 6.45) is -4.02. The zero-order chi connectivity index (χ0) is 14.5. The average molecular weight is 269 g/mol. The molecule has 0 radical (unpaired) electrons. The second-order valence-corrected chi connectivity index (χ2v) is 2.68. The van der Waals surface area contributed by atoms with Crippen LogP contribution in [0, 0.1) is 0 Å². The van der Waals surface area contributed by atoms with Crippen LogP contribution in [0.25, 0.3) is 0 Å². The molecule has 0 atom stereocenters. The van der Waals surface area contributed by atoms with E-state index in [4.69, 9.17) is 20.2 Å². The van der Waals surface area contributed by atoms with E-state index in [1.807, 2.05) is 0 Å². The van der Waals surface area contributed by atoms with Crippen molar-refractivity contribution in [3.8, 4) is 0 Å². The summed E-state index contributed by atoms with van der Waals surface area (Å²) in [7, 11) is 0. The molecular weight excluding hydrogens is 263 g/mol. The summed E-state index contributed by atoms with van der Waals surface area (Å²) in [5.41, 5.74) is -1.38. The van der Waals surface area contributed by atoms with Crippen LogP contribution >= 0.6 is 0 Å². The number of nitrogens with zero attached hydrogens (tertiary/aromatic N) is 1. The molecule has 1 heterocycles. The number of halogens is 3. The Hall–Kier alpha value is -2.52. The first-order chi connectivity index (χ1) is 8.07. The number of aliphatic carboxylic acids is 1. The Labute approximate surface area is 96.3 Å². The molecule has 7 nitrogen and oxygen atoms in total. The average Bonchev–Trinajstić information content (AvgIpc) is 2.21. The largest absolute Gasteiger partial charge is 0.490 e. The number of carboxylic acids is 2. The summed E-state index contributed by atoms with van der Waals surface area (Å²) in [5, 5.41) is 24.2. The number of aromatic carboxylic acids is 1. The van der Waals surface area contributed by atoms with Crippen LogP contribution < -0.4 is 5.56 Å². The second kappa shape index (κ2) is 5.70. The molecule has 0 aromatic carbocycles. The molecule has 0 aliphatic rings. The minimum atomic E-state index is -5.08. The quantitative estimate of drug-likeness (QED) is 0.636. The lowest BCUT2D eigenvalue weighted by Gasteiger charge is -1.95. The van der Waals surface area contributed by atoms with Crippen LogP contribution in [0.2, 0.25) is 0 Å². The zero-order valence-electron chi connectivity index (χ0n) is 8.38. The van der Waals surface area contributed by atoms with E-state index < -0.39 is 29.2 Å². The Morgan fingerprint density at radius 1 is 1.22 bits per heavy atom. The molecule has 0 unspecified atom stereocenters. The van der Waals surface area contributed by atoms with E-state index in [9.17, 15) is 22.8 Å². The van der Waals surface area contributed by atoms with E-state index >= 15 is 0 Å². The first-order valence-electron chi connectivity index (χ1n) is 4.01. The Morgan fingerprint density at radius 2 is 1.67 bits per heavy atom. The minimum Gasteiger partial charge on any atom is -0.477 e. The highest BCUT2D eigenvalue weighted by Crippen LogP contribution is 2.13. The van der Waals surface area contributed by atoms with Crippen molar-refractivity contribution in [1.29, 1.82) is 0 Å². The molecule has 18 heavy (non-hydrogen) atoms. The molecule has 0 aliphatic heterocycles. The first kappa shape index (κ1) is 15.5. The number of carboxylic acid groups (broad SMARTS) is 2. The highest BCUT2D eigenvalue weighted by molar-refractivity contribution is 5.86. The number of hydrogen-bond acceptors (Lipinski definition) is 4. The lowest BCUT2D eigenvalue weighted by atomic mass is 10.3. The predicted molar refractivity (Wildman–Crippen MR) is 48.5 cm³/mol. The topological polar surface area (TPSA) is 117 Å². The van der Waals surface area contributed by atoms with Crippen molar-refractivity contribution in [2.45, 2.75) is 6.18 Å². The van der Waals surface area contributed by atoms with Crippen LogP contribution in [-0.2, 0) is 4.79 Å². The van der Waals surface area contributed by atoms with Crippen molar-refractivity contribution in [3.63, 3.8) is 0 Å². The molecule has 0 aliphatic carbocycles. The van der Waals surface area contributed by atoms with Gasteiger partial charge in [-0.1, -0.05) is 0 Å². The molecule has 10 heteroatoms. The van der Waals surface area contributed by atoms with Gasteiger partial charge in [0.1, 0.15) is 5.56 Å². The lowest BCUT2D eigenvalue weighted by molar-refractivity contribution is -0.192. The van der Waals surface area contributed by atoms with Gasteiger partial charge in [0.25, 0.3) is 5.56 Å². The Balaban J connectivity index is 0.000000360. The molecule has 1 aromatic heterocycles. The summed E-state index contributed by atoms with van der Waals surface area (Å²) >= 11 is 0. The Kier molecular flexibility index (Phi) is 4.90. The number of alkyl halides is 3. The van der Waals surface area contributed by atoms with Crippen molar-refractivity contribution in [2.24, 2.45) is 0 Å². The van der Waals surface area contributed by atoms with Gasteiger partial charge in [-0.05, 0) is 12.1 Å². The van der Waals surface area contributed by atoms with E-state index in [1.54, 1.807) is 0 Å². The van der Waals surface area contributed by atoms with Gasteiger partial charge in [-0.25, -0.2) is 9.59 Å². The maximum atomic E-state index is 10.7. The number of pyridine rings is 1. The van der Waals surface area contributed by atoms with Gasteiger partial charge in [0.05, 0.1) is 0 Å². The number of hydrogen-bond donors (Lipinski definition) is 3. The summed E-state index contributed by atoms with van der Waals surface area (Å²) in [6.45, 7) is 0. The normalized spacial score (nSPS) is 10.2. The minimum absolute atomic E-state index is 0.226. The second-order valence-electron chi connectivity index (χ2n) is 2.68. The van der Waals surface area contributed by atoms with Gasteiger partial charge >= 0.3 is 18.1 Å². The maximum Gasteiger partial charge on any atom is 0.490 e. The van der Waals surface area contributed by atoms with Crippen LogP contribution in [0.3, 0.4) is 0 Å². The monoisotopic (exact) mass is 269 g/mol. The fourth-order valence-electron chi connectivity index (χ4n) is 0.646. The Bertz CT molecular complexity index is 506. The molecule has 100 valence electrons. The van der Waals surface area contributed by atoms with Crippen LogP contribution in [0.1, 0.15) is 10.4 Å². The highest BCUT2D eigenvalue weighted by atomic mass is 19.4. The van der Waals surface area contributed by atoms with E-state index in [0.29, 0.717) is 0 Å². The van der Waals surface area contributed by atoms with Crippen molar-refractivity contribution < 1.29 is 38.2 Å². The predicted octanol–water partition coefficient (Wildman–Crippen LogP) is 0.417. The van der Waals surface area contributed by atoms with Gasteiger partial charge in [-0.2, -0.15) is 17.9 Å². The van der Waals surface area contributed by atoms with Crippen molar-refractivity contribution in [1.82, 2.24) is 4.73 Å². The number of carbonyl (C=O) groups is 2. The fourth-order valence-corrected chi connectivity index (χ4v) is 0.646. The van der Waals surface area contributed by atoms with Crippen LogP contribution in [-0.4, -0.2) is 38.3 Å². The van der Waals surface area contributed by atoms with Gasteiger partial charge in [0, 0.05) is 6.20 Å². The van der Waals surface area contributed by atoms with Gasteiger partial charge in [0.15, 0.2) is 0 Å². The fraction of sp³-hybridized carbons (Fsp3) is 0.125. The van der Waals surface area contributed by atoms with E-state index in [2.05, 4.69) is 0 Å². The molecule has 1 aromatic rings. The molecule has 0 spiro atoms. The Morgan fingerprint density at radius 3 is 1.94 bits per heavy atom. The molecule has 0 bridgehead atoms. The third-order valence-corrected chi connectivity index (χ3v) is 1.40. The van der Waals surface area contributed by atoms with E-state index in [1.165, 1.54) is 6.07 Å². The van der Waals surface area contributed by atoms with Gasteiger partial charge in [-0.3, -0.25) is 4.79 Å². The van der Waals surface area contributed by atoms with Gasteiger partial charge in [0.2, 0.25) is 0 Å². The van der Waals surface area contributed by atoms with Crippen LogP contribution in [0.15, 0.2) is 23.1 Å². The lowest BCUT2D eigenvalue weighted by Crippen LogP contribution is -2.23. The highest BCUT2D eigenvalue weighted by Gasteiger charge is 2.38. The molecular formula is C8H6F3NO6. The summed E-state index contributed by atoms with van der Waals surface area (Å²) in [4.78, 5) is 29.9. The third kappa shape index (κ3) is 4.55. The number of aromatic nitrogens is 1. The molecule has 3 N–H and O–H groups in total.